The quantitative estimate of drug-likeness (QED) is 0.786. The van der Waals surface area contributed by atoms with Crippen molar-refractivity contribution in [2.75, 3.05) is 7.11 Å². The summed E-state index contributed by atoms with van der Waals surface area (Å²) in [6.07, 6.45) is 3.47. The van der Waals surface area contributed by atoms with Crippen molar-refractivity contribution in [1.29, 1.82) is 0 Å². The van der Waals surface area contributed by atoms with Gasteiger partial charge < -0.3 is 19.3 Å². The largest absolute Gasteiger partial charge is 0.508 e. The molecule has 0 unspecified atom stereocenters. The van der Waals surface area contributed by atoms with Gasteiger partial charge in [-0.2, -0.15) is 0 Å². The molecule has 2 heterocycles. The maximum Gasteiger partial charge on any atom is 0.342 e. The van der Waals surface area contributed by atoms with E-state index in [1.54, 1.807) is 0 Å². The lowest BCUT2D eigenvalue weighted by atomic mass is 9.97. The van der Waals surface area contributed by atoms with Crippen LogP contribution < -0.4 is 4.74 Å². The number of rotatable bonds is 1. The smallest absolute Gasteiger partial charge is 0.342 e. The van der Waals surface area contributed by atoms with E-state index in [9.17, 15) is 14.7 Å². The Morgan fingerprint density at radius 3 is 2.60 bits per heavy atom. The molecule has 1 aromatic carbocycles. The molecule has 6 heteroatoms. The third kappa shape index (κ3) is 4.12. The zero-order chi connectivity index (χ0) is 18.0. The second-order valence-electron chi connectivity index (χ2n) is 6.85. The lowest BCUT2D eigenvalue weighted by Gasteiger charge is -2.18. The Hall–Kier alpha value is -2.08. The molecule has 1 fully saturated rings. The topological polar surface area (TPSA) is 82.1 Å². The highest BCUT2D eigenvalue weighted by Crippen LogP contribution is 2.32. The van der Waals surface area contributed by atoms with Gasteiger partial charge in [-0.3, -0.25) is 4.79 Å². The first-order valence-corrected chi connectivity index (χ1v) is 8.74. The summed E-state index contributed by atoms with van der Waals surface area (Å²) in [5, 5.41) is 9.89. The third-order valence-electron chi connectivity index (χ3n) is 4.83. The van der Waals surface area contributed by atoms with Crippen LogP contribution in [0, 0.1) is 0 Å². The van der Waals surface area contributed by atoms with Gasteiger partial charge >= 0.3 is 5.97 Å². The highest BCUT2D eigenvalue weighted by Gasteiger charge is 2.30. The Labute approximate surface area is 147 Å². The van der Waals surface area contributed by atoms with Gasteiger partial charge in [0.05, 0.1) is 25.4 Å². The lowest BCUT2D eigenvalue weighted by Crippen LogP contribution is -2.19. The molecule has 3 rings (SSSR count). The van der Waals surface area contributed by atoms with Gasteiger partial charge in [-0.15, -0.1) is 0 Å². The minimum absolute atomic E-state index is 0.0281. The van der Waals surface area contributed by atoms with Crippen molar-refractivity contribution in [3.8, 4) is 11.5 Å². The number of carbonyl (C=O) groups excluding carboxylic acids is 2. The van der Waals surface area contributed by atoms with Crippen molar-refractivity contribution in [1.82, 2.24) is 0 Å². The molecule has 2 aliphatic rings. The molecule has 2 aliphatic heterocycles. The summed E-state index contributed by atoms with van der Waals surface area (Å²) < 4.78 is 16.7. The van der Waals surface area contributed by atoms with Crippen LogP contribution in [0.5, 0.6) is 11.5 Å². The molecule has 0 aliphatic carbocycles. The third-order valence-corrected chi connectivity index (χ3v) is 4.83. The minimum Gasteiger partial charge on any atom is -0.508 e. The van der Waals surface area contributed by atoms with Crippen LogP contribution in [0.4, 0.5) is 0 Å². The second kappa shape index (κ2) is 7.44. The second-order valence-corrected chi connectivity index (χ2v) is 6.85. The normalized spacial score (nSPS) is 27.5. The highest BCUT2D eigenvalue weighted by molar-refractivity contribution is 5.96. The van der Waals surface area contributed by atoms with E-state index in [-0.39, 0.29) is 47.6 Å². The maximum absolute atomic E-state index is 12.6. The molecule has 6 nitrogen and oxygen atoms in total. The summed E-state index contributed by atoms with van der Waals surface area (Å²) in [6, 6.07) is 2.79. The number of aromatic hydroxyl groups is 1. The first-order valence-electron chi connectivity index (χ1n) is 8.74. The predicted octanol–water partition coefficient (Wildman–Crippen LogP) is 2.79. The number of hydrogen-bond acceptors (Lipinski definition) is 6. The number of hydrogen-bond donors (Lipinski definition) is 1. The Balaban J connectivity index is 1.96. The van der Waals surface area contributed by atoms with Crippen molar-refractivity contribution < 1.29 is 28.9 Å². The van der Waals surface area contributed by atoms with E-state index < -0.39 is 5.97 Å². The molecular formula is C19H24O6. The van der Waals surface area contributed by atoms with Gasteiger partial charge in [-0.25, -0.2) is 4.79 Å². The maximum atomic E-state index is 12.6. The van der Waals surface area contributed by atoms with Crippen LogP contribution in [-0.2, 0) is 20.7 Å². The van der Waals surface area contributed by atoms with Crippen LogP contribution in [0.1, 0.15) is 54.9 Å². The monoisotopic (exact) mass is 348 g/mol. The Morgan fingerprint density at radius 1 is 1.12 bits per heavy atom. The standard InChI is InChI=1S/C19H24O6/c1-11-3-4-15-5-6-16(25-15)9-13(20)7-12-8-14(21)10-17(23-2)18(12)19(22)24-11/h8,10-11,15-16,21H,3-7,9H2,1-2H3/t11-,15-,16+/m0/s1. The summed E-state index contributed by atoms with van der Waals surface area (Å²) >= 11 is 0. The average molecular weight is 348 g/mol. The van der Waals surface area contributed by atoms with Crippen LogP contribution in [-0.4, -0.2) is 42.3 Å². The number of benzene rings is 1. The Morgan fingerprint density at radius 2 is 1.84 bits per heavy atom. The van der Waals surface area contributed by atoms with Crippen molar-refractivity contribution >= 4 is 11.8 Å². The van der Waals surface area contributed by atoms with E-state index in [1.807, 2.05) is 6.92 Å². The predicted molar refractivity (Wildman–Crippen MR) is 90.0 cm³/mol. The van der Waals surface area contributed by atoms with Crippen LogP contribution in [0.25, 0.3) is 0 Å². The zero-order valence-electron chi connectivity index (χ0n) is 14.6. The van der Waals surface area contributed by atoms with Crippen molar-refractivity contribution in [2.24, 2.45) is 0 Å². The summed E-state index contributed by atoms with van der Waals surface area (Å²) in [7, 11) is 1.42. The number of phenols is 1. The average Bonchev–Trinajstić information content (AvgIpc) is 2.98. The van der Waals surface area contributed by atoms with Crippen molar-refractivity contribution in [2.45, 2.75) is 63.8 Å². The number of ether oxygens (including phenoxy) is 3. The number of Topliss-reactive ketones (excluding diaryl/α,β-unsaturated/α-hetero) is 1. The first kappa shape index (κ1) is 17.7. The van der Waals surface area contributed by atoms with Gasteiger partial charge in [0, 0.05) is 18.9 Å². The number of cyclic esters (lactones) is 1. The number of ketones is 1. The van der Waals surface area contributed by atoms with Crippen molar-refractivity contribution in [3.63, 3.8) is 0 Å². The lowest BCUT2D eigenvalue weighted by molar-refractivity contribution is -0.121. The first-order chi connectivity index (χ1) is 12.0. The molecular weight excluding hydrogens is 324 g/mol. The summed E-state index contributed by atoms with van der Waals surface area (Å²) in [5.41, 5.74) is 0.638. The van der Waals surface area contributed by atoms with E-state index in [2.05, 4.69) is 0 Å². The summed E-state index contributed by atoms with van der Waals surface area (Å²) in [5.74, 6) is -0.393. The molecule has 3 atom stereocenters. The summed E-state index contributed by atoms with van der Waals surface area (Å²) in [6.45, 7) is 1.85. The van der Waals surface area contributed by atoms with Gasteiger partial charge in [-0.05, 0) is 44.2 Å². The van der Waals surface area contributed by atoms with E-state index in [1.165, 1.54) is 19.2 Å². The van der Waals surface area contributed by atoms with Gasteiger partial charge in [-0.1, -0.05) is 0 Å². The van der Waals surface area contributed by atoms with E-state index in [0.29, 0.717) is 18.4 Å². The Bertz CT molecular complexity index is 668. The fourth-order valence-corrected chi connectivity index (χ4v) is 3.59. The molecule has 136 valence electrons. The van der Waals surface area contributed by atoms with Crippen LogP contribution in [0.3, 0.4) is 0 Å². The van der Waals surface area contributed by atoms with Gasteiger partial charge in [0.15, 0.2) is 0 Å². The van der Waals surface area contributed by atoms with Gasteiger partial charge in [0.1, 0.15) is 22.8 Å². The van der Waals surface area contributed by atoms with E-state index in [4.69, 9.17) is 14.2 Å². The molecule has 0 radical (unpaired) electrons. The van der Waals surface area contributed by atoms with E-state index >= 15 is 0 Å². The van der Waals surface area contributed by atoms with E-state index in [0.717, 1.165) is 19.3 Å². The van der Waals surface area contributed by atoms with Crippen LogP contribution in [0.2, 0.25) is 0 Å². The molecule has 0 saturated carbocycles. The molecule has 1 saturated heterocycles. The molecule has 0 amide bonds. The number of phenolic OH excluding ortho intramolecular Hbond substituents is 1. The zero-order valence-corrected chi connectivity index (χ0v) is 14.6. The number of methoxy groups -OCH3 is 1. The fraction of sp³-hybridized carbons (Fsp3) is 0.579. The molecule has 2 bridgehead atoms. The number of fused-ring (bicyclic) bond motifs is 3. The van der Waals surface area contributed by atoms with Gasteiger partial charge in [0.25, 0.3) is 0 Å². The number of carbonyl (C=O) groups is 2. The summed E-state index contributed by atoms with van der Waals surface area (Å²) in [4.78, 5) is 25.1. The fourth-order valence-electron chi connectivity index (χ4n) is 3.59. The SMILES string of the molecule is COc1cc(O)cc2c1C(=O)O[C@@H](C)CC[C@H]1CC[C@H](CC(=O)C2)O1. The van der Waals surface area contributed by atoms with Crippen molar-refractivity contribution in [3.05, 3.63) is 23.3 Å². The van der Waals surface area contributed by atoms with Gasteiger partial charge in [0.2, 0.25) is 0 Å². The minimum atomic E-state index is -0.530. The van der Waals surface area contributed by atoms with Crippen LogP contribution in [0.15, 0.2) is 12.1 Å². The molecule has 1 N–H and O–H groups in total. The van der Waals surface area contributed by atoms with Crippen LogP contribution >= 0.6 is 0 Å². The molecule has 0 aromatic heterocycles. The Kier molecular flexibility index (Phi) is 5.27. The highest BCUT2D eigenvalue weighted by atomic mass is 16.5. The number of esters is 1. The molecule has 1 aromatic rings. The molecule has 25 heavy (non-hydrogen) atoms. The molecule has 0 spiro atoms.